The highest BCUT2D eigenvalue weighted by molar-refractivity contribution is 5.97. The number of rotatable bonds is 4. The molecule has 0 fully saturated rings. The van der Waals surface area contributed by atoms with Crippen molar-refractivity contribution in [3.63, 3.8) is 0 Å². The maximum absolute atomic E-state index is 13.6. The quantitative estimate of drug-likeness (QED) is 0.191. The minimum atomic E-state index is -0.890. The lowest BCUT2D eigenvalue weighted by molar-refractivity contribution is -0.136. The van der Waals surface area contributed by atoms with Gasteiger partial charge in [-0.3, -0.25) is 24.0 Å². The van der Waals surface area contributed by atoms with E-state index >= 15 is 0 Å². The molecule has 0 saturated carbocycles. The van der Waals surface area contributed by atoms with Gasteiger partial charge in [-0.25, -0.2) is 9.67 Å². The summed E-state index contributed by atoms with van der Waals surface area (Å²) in [6.07, 6.45) is 3.04. The fraction of sp³-hybridized carbons (Fsp3) is 0.306. The number of pyridine rings is 1. The molecule has 0 aliphatic carbocycles. The molecular weight excluding hydrogens is 638 g/mol. The smallest absolute Gasteiger partial charge is 0.275 e. The van der Waals surface area contributed by atoms with E-state index in [0.717, 1.165) is 21.1 Å². The predicted molar refractivity (Wildman–Crippen MR) is 189 cm³/mol. The van der Waals surface area contributed by atoms with Crippen LogP contribution in [0.25, 0.3) is 21.7 Å². The Bertz CT molecular complexity index is 2110. The first kappa shape index (κ1) is 33.8. The van der Waals surface area contributed by atoms with Gasteiger partial charge in [0.15, 0.2) is 0 Å². The number of carbonyl (C=O) groups is 4. The van der Waals surface area contributed by atoms with E-state index in [2.05, 4.69) is 36.3 Å². The van der Waals surface area contributed by atoms with Gasteiger partial charge in [0.25, 0.3) is 11.5 Å². The van der Waals surface area contributed by atoms with E-state index in [4.69, 9.17) is 0 Å². The Kier molecular flexibility index (Phi) is 10.5. The minimum absolute atomic E-state index is 0.137. The molecule has 5 N–H and O–H groups in total. The highest BCUT2D eigenvalue weighted by Crippen LogP contribution is 2.19. The molecule has 0 spiro atoms. The summed E-state index contributed by atoms with van der Waals surface area (Å²) in [5.41, 5.74) is 2.17. The van der Waals surface area contributed by atoms with Crippen LogP contribution < -0.4 is 26.8 Å². The number of nitrogens with zero attached hydrogens (tertiary/aromatic N) is 4. The molecule has 1 aliphatic heterocycles. The number of para-hydroxylation sites is 1. The van der Waals surface area contributed by atoms with Crippen molar-refractivity contribution in [2.45, 2.75) is 38.8 Å². The molecule has 14 heteroatoms. The summed E-state index contributed by atoms with van der Waals surface area (Å²) in [5, 5.41) is 18.2. The minimum Gasteiger partial charge on any atom is -0.368 e. The summed E-state index contributed by atoms with van der Waals surface area (Å²) in [5.74, 6) is -1.24. The number of aromatic amines is 1. The van der Waals surface area contributed by atoms with Crippen LogP contribution in [0.5, 0.6) is 0 Å². The molecule has 0 radical (unpaired) electrons. The molecule has 5 aromatic rings. The van der Waals surface area contributed by atoms with Crippen molar-refractivity contribution in [2.75, 3.05) is 38.0 Å². The van der Waals surface area contributed by atoms with Crippen LogP contribution in [-0.4, -0.2) is 87.0 Å². The maximum Gasteiger partial charge on any atom is 0.275 e. The lowest BCUT2D eigenvalue weighted by Crippen LogP contribution is -2.48. The molecule has 50 heavy (non-hydrogen) atoms. The number of anilines is 1. The molecule has 2 aromatic carbocycles. The Balaban J connectivity index is 1.19. The van der Waals surface area contributed by atoms with Crippen LogP contribution in [-0.2, 0) is 27.3 Å². The van der Waals surface area contributed by atoms with Crippen LogP contribution in [0.2, 0.25) is 0 Å². The Morgan fingerprint density at radius 1 is 0.840 bits per heavy atom. The number of aromatic nitrogens is 4. The SMILES string of the molecule is Cc1nn(CC(=O)N2CCCCNC(=O)[C@H](Cc3c[nH]c4ccccc34)NC(=O)c3cccc(n3)NCCNC(=O)C2)c(=O)c2ccccc12. The number of hydrogen-bond donors (Lipinski definition) is 5. The van der Waals surface area contributed by atoms with E-state index in [1.165, 1.54) is 4.90 Å². The van der Waals surface area contributed by atoms with Crippen LogP contribution in [0.1, 0.15) is 34.6 Å². The fourth-order valence-electron chi connectivity index (χ4n) is 6.04. The number of amides is 4. The fourth-order valence-corrected chi connectivity index (χ4v) is 6.04. The average molecular weight is 678 g/mol. The van der Waals surface area contributed by atoms with Crippen molar-refractivity contribution in [3.8, 4) is 0 Å². The topological polar surface area (TPSA) is 183 Å². The monoisotopic (exact) mass is 677 g/mol. The summed E-state index contributed by atoms with van der Waals surface area (Å²) < 4.78 is 1.14. The van der Waals surface area contributed by atoms with Crippen LogP contribution in [0.4, 0.5) is 5.82 Å². The van der Waals surface area contributed by atoms with Gasteiger partial charge in [0.1, 0.15) is 24.1 Å². The first-order valence-corrected chi connectivity index (χ1v) is 16.6. The summed E-state index contributed by atoms with van der Waals surface area (Å²) >= 11 is 0. The van der Waals surface area contributed by atoms with Crippen LogP contribution in [0, 0.1) is 6.92 Å². The van der Waals surface area contributed by atoms with Crippen molar-refractivity contribution in [2.24, 2.45) is 0 Å². The van der Waals surface area contributed by atoms with Crippen molar-refractivity contribution in [1.82, 2.24) is 40.6 Å². The van der Waals surface area contributed by atoms with Crippen LogP contribution in [0.3, 0.4) is 0 Å². The van der Waals surface area contributed by atoms with E-state index in [1.54, 1.807) is 37.3 Å². The lowest BCUT2D eigenvalue weighted by Gasteiger charge is -2.23. The Morgan fingerprint density at radius 2 is 1.60 bits per heavy atom. The second-order valence-corrected chi connectivity index (χ2v) is 12.2. The van der Waals surface area contributed by atoms with Gasteiger partial charge < -0.3 is 31.2 Å². The number of benzene rings is 2. The Morgan fingerprint density at radius 3 is 2.44 bits per heavy atom. The van der Waals surface area contributed by atoms with Crippen LogP contribution >= 0.6 is 0 Å². The van der Waals surface area contributed by atoms with E-state index in [-0.39, 0.29) is 62.2 Å². The van der Waals surface area contributed by atoms with Gasteiger partial charge in [0, 0.05) is 55.1 Å². The molecule has 2 bridgehead atoms. The molecule has 4 heterocycles. The second kappa shape index (κ2) is 15.4. The van der Waals surface area contributed by atoms with Gasteiger partial charge in [0.05, 0.1) is 17.6 Å². The first-order valence-electron chi connectivity index (χ1n) is 16.6. The van der Waals surface area contributed by atoms with Crippen molar-refractivity contribution in [3.05, 3.63) is 100 Å². The third-order valence-electron chi connectivity index (χ3n) is 8.63. The largest absolute Gasteiger partial charge is 0.368 e. The van der Waals surface area contributed by atoms with Gasteiger partial charge in [-0.15, -0.1) is 0 Å². The number of hydrogen-bond acceptors (Lipinski definition) is 8. The standard InChI is InChI=1S/C36H39N9O5/c1-23-25-9-2-3-11-27(25)36(50)45(43-23)22-33(47)44-18-7-6-15-39-34(48)30(19-24-20-40-28-12-5-4-10-26(24)28)42-35(49)29-13-8-14-31(41-29)37-16-17-38-32(46)21-44/h2-5,8-14,20,30,40H,6-7,15-19,21-22H2,1H3,(H,37,41)(H,38,46)(H,39,48)(H,42,49)/t30-/m0/s1. The van der Waals surface area contributed by atoms with Gasteiger partial charge >= 0.3 is 0 Å². The normalized spacial score (nSPS) is 16.8. The number of nitrogens with one attached hydrogen (secondary N) is 5. The average Bonchev–Trinajstić information content (AvgIpc) is 3.53. The van der Waals surface area contributed by atoms with Crippen molar-refractivity contribution in [1.29, 1.82) is 0 Å². The van der Waals surface area contributed by atoms with E-state index in [0.29, 0.717) is 41.7 Å². The van der Waals surface area contributed by atoms with Crippen molar-refractivity contribution < 1.29 is 19.2 Å². The molecule has 1 atom stereocenters. The first-order chi connectivity index (χ1) is 24.3. The highest BCUT2D eigenvalue weighted by atomic mass is 16.2. The maximum atomic E-state index is 13.6. The molecule has 4 amide bonds. The number of H-pyrrole nitrogens is 1. The summed E-state index contributed by atoms with van der Waals surface area (Å²) in [7, 11) is 0. The molecule has 14 nitrogen and oxygen atoms in total. The highest BCUT2D eigenvalue weighted by Gasteiger charge is 2.24. The number of aryl methyl sites for hydroxylation is 1. The van der Waals surface area contributed by atoms with Gasteiger partial charge in [0.2, 0.25) is 17.7 Å². The Hall–Kier alpha value is -6.05. The van der Waals surface area contributed by atoms with Crippen LogP contribution in [0.15, 0.2) is 77.7 Å². The van der Waals surface area contributed by atoms with Gasteiger partial charge in [-0.1, -0.05) is 42.5 Å². The lowest BCUT2D eigenvalue weighted by atomic mass is 10.0. The number of carbonyl (C=O) groups excluding carboxylic acids is 4. The summed E-state index contributed by atoms with van der Waals surface area (Å²) in [6.45, 7) is 2.26. The van der Waals surface area contributed by atoms with E-state index in [1.807, 2.05) is 42.6 Å². The van der Waals surface area contributed by atoms with E-state index in [9.17, 15) is 24.0 Å². The predicted octanol–water partition coefficient (Wildman–Crippen LogP) is 1.89. The second-order valence-electron chi connectivity index (χ2n) is 12.2. The molecule has 3 aromatic heterocycles. The summed E-state index contributed by atoms with van der Waals surface area (Å²) in [4.78, 5) is 75.6. The van der Waals surface area contributed by atoms with Gasteiger partial charge in [-0.05, 0) is 49.6 Å². The Labute approximate surface area is 287 Å². The third-order valence-corrected chi connectivity index (χ3v) is 8.63. The molecular formula is C36H39N9O5. The number of fused-ring (bicyclic) bond motifs is 4. The molecule has 0 unspecified atom stereocenters. The molecule has 1 aliphatic rings. The van der Waals surface area contributed by atoms with Gasteiger partial charge in [-0.2, -0.15) is 5.10 Å². The van der Waals surface area contributed by atoms with E-state index < -0.39 is 17.9 Å². The zero-order chi connectivity index (χ0) is 35.0. The third kappa shape index (κ3) is 7.97. The zero-order valence-electron chi connectivity index (χ0n) is 27.7. The van der Waals surface area contributed by atoms with Crippen molar-refractivity contribution >= 4 is 51.1 Å². The molecule has 0 saturated heterocycles. The summed E-state index contributed by atoms with van der Waals surface area (Å²) in [6, 6.07) is 18.9. The zero-order valence-corrected chi connectivity index (χ0v) is 27.7. The molecule has 6 rings (SSSR count). The molecule has 258 valence electrons.